The molecule has 0 radical (unpaired) electrons. The molecular weight excluding hydrogens is 625 g/mol. The zero-order chi connectivity index (χ0) is 35.4. The van der Waals surface area contributed by atoms with E-state index in [1.165, 1.54) is 0 Å². The van der Waals surface area contributed by atoms with Gasteiger partial charge in [0, 0.05) is 24.2 Å². The Labute approximate surface area is 287 Å². The quantitative estimate of drug-likeness (QED) is 0.197. The lowest BCUT2D eigenvalue weighted by atomic mass is 10.0. The molecule has 2 N–H and O–H groups in total. The van der Waals surface area contributed by atoms with Crippen molar-refractivity contribution in [2.24, 2.45) is 0 Å². The minimum Gasteiger partial charge on any atom is -0.491 e. The van der Waals surface area contributed by atoms with Crippen LogP contribution in [0, 0.1) is 20.8 Å². The van der Waals surface area contributed by atoms with Crippen molar-refractivity contribution < 1.29 is 23.2 Å². The molecular formula is C36H56N6O5Si. The lowest BCUT2D eigenvalue weighted by Crippen LogP contribution is -2.49. The molecule has 4 rings (SSSR count). The molecule has 0 bridgehead atoms. The van der Waals surface area contributed by atoms with Gasteiger partial charge in [-0.05, 0) is 97.7 Å². The molecule has 1 fully saturated rings. The lowest BCUT2D eigenvalue weighted by Gasteiger charge is -2.40. The molecule has 264 valence electrons. The van der Waals surface area contributed by atoms with E-state index in [2.05, 4.69) is 49.7 Å². The number of benzene rings is 1. The maximum atomic E-state index is 12.9. The topological polar surface area (TPSA) is 124 Å². The van der Waals surface area contributed by atoms with Gasteiger partial charge in [0.2, 0.25) is 0 Å². The van der Waals surface area contributed by atoms with Gasteiger partial charge in [-0.25, -0.2) is 14.8 Å². The molecule has 0 saturated carbocycles. The number of nitrogens with one attached hydrogen (secondary N) is 2. The summed E-state index contributed by atoms with van der Waals surface area (Å²) in [4.78, 5) is 24.5. The minimum atomic E-state index is -2.19. The van der Waals surface area contributed by atoms with Gasteiger partial charge in [0.05, 0.1) is 29.6 Å². The van der Waals surface area contributed by atoms with Crippen molar-refractivity contribution in [2.45, 2.75) is 111 Å². The second-order valence-electron chi connectivity index (χ2n) is 15.4. The summed E-state index contributed by atoms with van der Waals surface area (Å²) in [6.45, 7) is 25.0. The van der Waals surface area contributed by atoms with E-state index in [1.807, 2.05) is 65.8 Å². The summed E-state index contributed by atoms with van der Waals surface area (Å²) < 4.78 is 24.3. The Kier molecular flexibility index (Phi) is 11.6. The van der Waals surface area contributed by atoms with Crippen molar-refractivity contribution in [3.8, 4) is 28.4 Å². The molecule has 48 heavy (non-hydrogen) atoms. The Hall–Kier alpha value is -3.48. The number of piperidine rings is 1. The molecule has 11 nitrogen and oxygen atoms in total. The molecule has 1 aliphatic rings. The highest BCUT2D eigenvalue weighted by Gasteiger charge is 2.40. The first-order valence-electron chi connectivity index (χ1n) is 17.0. The Bertz CT molecular complexity index is 1540. The van der Waals surface area contributed by atoms with Gasteiger partial charge in [-0.2, -0.15) is 0 Å². The molecule has 1 unspecified atom stereocenters. The van der Waals surface area contributed by atoms with E-state index in [0.29, 0.717) is 29.9 Å². The van der Waals surface area contributed by atoms with Gasteiger partial charge in [0.15, 0.2) is 14.1 Å². The van der Waals surface area contributed by atoms with E-state index < -0.39 is 20.0 Å². The summed E-state index contributed by atoms with van der Waals surface area (Å²) in [6, 6.07) is 8.12. The van der Waals surface area contributed by atoms with Crippen molar-refractivity contribution in [3.05, 3.63) is 41.3 Å². The van der Waals surface area contributed by atoms with Crippen LogP contribution in [0.3, 0.4) is 0 Å². The smallest absolute Gasteiger partial charge is 0.410 e. The van der Waals surface area contributed by atoms with Gasteiger partial charge in [0.25, 0.3) is 0 Å². The number of amides is 1. The van der Waals surface area contributed by atoms with Gasteiger partial charge in [0.1, 0.15) is 29.5 Å². The Morgan fingerprint density at radius 3 is 2.40 bits per heavy atom. The summed E-state index contributed by atoms with van der Waals surface area (Å²) in [5.74, 6) is 2.76. The van der Waals surface area contributed by atoms with Crippen molar-refractivity contribution in [1.82, 2.24) is 25.3 Å². The summed E-state index contributed by atoms with van der Waals surface area (Å²) in [7, 11) is -0.460. The molecule has 0 aliphatic carbocycles. The monoisotopic (exact) mass is 680 g/mol. The van der Waals surface area contributed by atoms with E-state index in [0.717, 1.165) is 59.8 Å². The van der Waals surface area contributed by atoms with E-state index in [9.17, 15) is 4.79 Å². The van der Waals surface area contributed by atoms with E-state index in [-0.39, 0.29) is 17.7 Å². The van der Waals surface area contributed by atoms with Crippen molar-refractivity contribution in [2.75, 3.05) is 38.6 Å². The fraction of sp³-hybridized carbons (Fsp3) is 0.611. The van der Waals surface area contributed by atoms with Gasteiger partial charge in [-0.3, -0.25) is 0 Å². The average Bonchev–Trinajstić information content (AvgIpc) is 3.33. The fourth-order valence-corrected chi connectivity index (χ4v) is 6.69. The van der Waals surface area contributed by atoms with Gasteiger partial charge < -0.3 is 34.0 Å². The van der Waals surface area contributed by atoms with E-state index in [1.54, 1.807) is 11.9 Å². The number of ether oxygens (including phenoxy) is 2. The van der Waals surface area contributed by atoms with Crippen LogP contribution in [0.4, 0.5) is 10.6 Å². The number of carbonyl (C=O) groups excluding carboxylic acids is 1. The standard InChI is InChI=1S/C36H56N6O5Si/c1-23-31(30-24(2)41-46-25(30)3)39-33(40-32(23)38-27-16-18-37-19-17-27)26-14-13-15-28(20-26)44-22-29(47-48(11,12)36(7,8)9)21-42(10)34(43)45-35(4,5)6/h13-15,20,27,29,37H,16-19,21-22H2,1-12H3,(H,38,39,40). The predicted molar refractivity (Wildman–Crippen MR) is 193 cm³/mol. The molecule has 0 spiro atoms. The molecule has 1 aliphatic heterocycles. The van der Waals surface area contributed by atoms with E-state index in [4.69, 9.17) is 28.4 Å². The van der Waals surface area contributed by atoms with Crippen LogP contribution in [0.15, 0.2) is 28.8 Å². The number of nitrogens with zero attached hydrogens (tertiary/aromatic N) is 4. The van der Waals surface area contributed by atoms with Crippen LogP contribution in [-0.2, 0) is 9.16 Å². The number of hydrogen-bond acceptors (Lipinski definition) is 10. The number of carbonyl (C=O) groups is 1. The predicted octanol–water partition coefficient (Wildman–Crippen LogP) is 7.52. The Morgan fingerprint density at radius 2 is 1.79 bits per heavy atom. The number of aromatic nitrogens is 3. The zero-order valence-corrected chi connectivity index (χ0v) is 32.0. The van der Waals surface area contributed by atoms with Crippen LogP contribution >= 0.6 is 0 Å². The maximum absolute atomic E-state index is 12.9. The molecule has 12 heteroatoms. The normalized spacial score (nSPS) is 15.2. The fourth-order valence-electron chi connectivity index (χ4n) is 5.36. The first kappa shape index (κ1) is 37.3. The summed E-state index contributed by atoms with van der Waals surface area (Å²) >= 11 is 0. The molecule has 1 saturated heterocycles. The summed E-state index contributed by atoms with van der Waals surface area (Å²) in [6.07, 6.45) is 1.27. The molecule has 3 aromatic rings. The minimum absolute atomic E-state index is 0.0166. The van der Waals surface area contributed by atoms with Crippen LogP contribution < -0.4 is 15.4 Å². The van der Waals surface area contributed by atoms with E-state index >= 15 is 0 Å². The second-order valence-corrected chi connectivity index (χ2v) is 20.2. The third-order valence-electron chi connectivity index (χ3n) is 9.07. The molecule has 3 heterocycles. The number of hydrogen-bond donors (Lipinski definition) is 2. The van der Waals surface area contributed by atoms with Crippen molar-refractivity contribution >= 4 is 20.2 Å². The molecule has 1 amide bonds. The van der Waals surface area contributed by atoms with Gasteiger partial charge in [-0.15, -0.1) is 0 Å². The third-order valence-corrected chi connectivity index (χ3v) is 13.6. The first-order chi connectivity index (χ1) is 22.3. The van der Waals surface area contributed by atoms with Crippen LogP contribution in [0.5, 0.6) is 5.75 Å². The summed E-state index contributed by atoms with van der Waals surface area (Å²) in [5, 5.41) is 11.3. The van der Waals surface area contributed by atoms with Crippen LogP contribution in [0.2, 0.25) is 18.1 Å². The average molecular weight is 681 g/mol. The van der Waals surface area contributed by atoms with Crippen LogP contribution in [0.1, 0.15) is 71.4 Å². The molecule has 2 aromatic heterocycles. The Balaban J connectivity index is 1.63. The summed E-state index contributed by atoms with van der Waals surface area (Å²) in [5.41, 5.74) is 3.66. The third kappa shape index (κ3) is 9.57. The largest absolute Gasteiger partial charge is 0.491 e. The van der Waals surface area contributed by atoms with Crippen molar-refractivity contribution in [1.29, 1.82) is 0 Å². The maximum Gasteiger partial charge on any atom is 0.410 e. The second kappa shape index (κ2) is 15.0. The number of rotatable bonds is 11. The first-order valence-corrected chi connectivity index (χ1v) is 19.9. The number of likely N-dealkylation sites (N-methyl/N-ethyl adjacent to an activating group) is 1. The van der Waals surface area contributed by atoms with Gasteiger partial charge in [-0.1, -0.05) is 38.1 Å². The molecule has 1 atom stereocenters. The van der Waals surface area contributed by atoms with Crippen LogP contribution in [0.25, 0.3) is 22.6 Å². The SMILES string of the molecule is Cc1noc(C)c1-c1nc(-c2cccc(OCC(CN(C)C(=O)OC(C)(C)C)O[Si](C)(C)C(C)(C)C)c2)nc(NC2CCNCC2)c1C. The van der Waals surface area contributed by atoms with Crippen molar-refractivity contribution in [3.63, 3.8) is 0 Å². The highest BCUT2D eigenvalue weighted by atomic mass is 28.4. The number of aryl methyl sites for hydroxylation is 2. The number of anilines is 1. The van der Waals surface area contributed by atoms with Crippen LogP contribution in [-0.4, -0.2) is 85.5 Å². The molecule has 1 aromatic carbocycles. The highest BCUT2D eigenvalue weighted by molar-refractivity contribution is 6.74. The van der Waals surface area contributed by atoms with Gasteiger partial charge >= 0.3 is 6.09 Å². The highest BCUT2D eigenvalue weighted by Crippen LogP contribution is 2.38. The zero-order valence-electron chi connectivity index (χ0n) is 31.0. The lowest BCUT2D eigenvalue weighted by molar-refractivity contribution is 0.0172. The Morgan fingerprint density at radius 1 is 1.10 bits per heavy atom.